The van der Waals surface area contributed by atoms with E-state index in [4.69, 9.17) is 16.6 Å². The molecule has 1 aliphatic heterocycles. The molecule has 1 saturated heterocycles. The summed E-state index contributed by atoms with van der Waals surface area (Å²) in [6, 6.07) is -0.977. The average Bonchev–Trinajstić information content (AvgIpc) is 2.65. The fourth-order valence-corrected chi connectivity index (χ4v) is 2.00. The normalized spacial score (nSPS) is 20.5. The molecule has 6 nitrogen and oxygen atoms in total. The van der Waals surface area contributed by atoms with Crippen molar-refractivity contribution in [3.8, 4) is 12.3 Å². The number of hydrogen-bond acceptors (Lipinski definition) is 3. The van der Waals surface area contributed by atoms with Crippen molar-refractivity contribution >= 4 is 17.8 Å². The van der Waals surface area contributed by atoms with Crippen LogP contribution in [0.1, 0.15) is 25.7 Å². The van der Waals surface area contributed by atoms with E-state index in [1.807, 2.05) is 0 Å². The number of likely N-dealkylation sites (tertiary alicyclic amines) is 1. The summed E-state index contributed by atoms with van der Waals surface area (Å²) in [5.41, 5.74) is 0. The molecule has 0 aliphatic carbocycles. The van der Waals surface area contributed by atoms with Crippen molar-refractivity contribution in [3.63, 3.8) is 0 Å². The van der Waals surface area contributed by atoms with Crippen molar-refractivity contribution in [1.82, 2.24) is 4.90 Å². The lowest BCUT2D eigenvalue weighted by molar-refractivity contribution is -0.149. The first-order valence-corrected chi connectivity index (χ1v) is 5.66. The van der Waals surface area contributed by atoms with Crippen LogP contribution in [0.25, 0.3) is 0 Å². The second-order valence-corrected chi connectivity index (χ2v) is 4.25. The molecule has 1 unspecified atom stereocenters. The Morgan fingerprint density at radius 3 is 2.61 bits per heavy atom. The van der Waals surface area contributed by atoms with Gasteiger partial charge in [0, 0.05) is 25.3 Å². The van der Waals surface area contributed by atoms with E-state index in [0.29, 0.717) is 0 Å². The molecule has 0 aromatic rings. The molecule has 1 heterocycles. The van der Waals surface area contributed by atoms with Gasteiger partial charge in [-0.05, 0) is 12.8 Å². The highest BCUT2D eigenvalue weighted by atomic mass is 16.4. The number of amides is 1. The first-order chi connectivity index (χ1) is 8.45. The Morgan fingerprint density at radius 1 is 1.50 bits per heavy atom. The van der Waals surface area contributed by atoms with Gasteiger partial charge >= 0.3 is 11.9 Å². The van der Waals surface area contributed by atoms with E-state index >= 15 is 0 Å². The van der Waals surface area contributed by atoms with Gasteiger partial charge < -0.3 is 15.1 Å². The molecule has 0 radical (unpaired) electrons. The lowest BCUT2D eigenvalue weighted by atomic mass is 10.1. The maximum atomic E-state index is 11.6. The summed E-state index contributed by atoms with van der Waals surface area (Å²) >= 11 is 0. The Bertz CT molecular complexity index is 398. The molecule has 1 aliphatic rings. The molecule has 2 N–H and O–H groups in total. The molecule has 1 amide bonds. The van der Waals surface area contributed by atoms with Crippen LogP contribution in [0.15, 0.2) is 0 Å². The van der Waals surface area contributed by atoms with Crippen LogP contribution in [-0.4, -0.2) is 45.5 Å². The van der Waals surface area contributed by atoms with Gasteiger partial charge in [0.15, 0.2) is 0 Å². The fraction of sp³-hybridized carbons (Fsp3) is 0.583. The van der Waals surface area contributed by atoms with Crippen molar-refractivity contribution in [3.05, 3.63) is 0 Å². The monoisotopic (exact) mass is 253 g/mol. The second-order valence-electron chi connectivity index (χ2n) is 4.25. The minimum atomic E-state index is -1.12. The van der Waals surface area contributed by atoms with Gasteiger partial charge in [0.25, 0.3) is 0 Å². The number of carboxylic acids is 2. The number of nitrogens with zero attached hydrogens (tertiary/aromatic N) is 1. The minimum Gasteiger partial charge on any atom is -0.481 e. The van der Waals surface area contributed by atoms with Gasteiger partial charge in [-0.25, -0.2) is 4.79 Å². The third-order valence-electron chi connectivity index (χ3n) is 2.92. The van der Waals surface area contributed by atoms with Crippen LogP contribution in [-0.2, 0) is 14.4 Å². The van der Waals surface area contributed by atoms with Gasteiger partial charge in [-0.15, -0.1) is 12.3 Å². The Balaban J connectivity index is 2.62. The third kappa shape index (κ3) is 3.48. The standard InChI is InChI=1S/C12H15NO5/c1-2-8-6-10(14)13(7-8)9(12(17)18)4-3-5-11(15)16/h1,8-9H,3-7H2,(H,15,16)(H,17,18)/t8?,9-/m1/s1. The number of hydrogen-bond donors (Lipinski definition) is 2. The van der Waals surface area contributed by atoms with Crippen molar-refractivity contribution in [2.45, 2.75) is 31.7 Å². The molecular weight excluding hydrogens is 238 g/mol. The quantitative estimate of drug-likeness (QED) is 0.658. The van der Waals surface area contributed by atoms with Gasteiger partial charge in [0.2, 0.25) is 5.91 Å². The Labute approximate surface area is 105 Å². The summed E-state index contributed by atoms with van der Waals surface area (Å²) in [6.45, 7) is 0.235. The Kier molecular flexibility index (Phi) is 4.72. The highest BCUT2D eigenvalue weighted by Crippen LogP contribution is 2.22. The summed E-state index contributed by atoms with van der Waals surface area (Å²) in [7, 11) is 0. The number of aliphatic carboxylic acids is 2. The van der Waals surface area contributed by atoms with E-state index in [9.17, 15) is 14.4 Å². The number of carbonyl (C=O) groups excluding carboxylic acids is 1. The van der Waals surface area contributed by atoms with Gasteiger partial charge in [-0.3, -0.25) is 9.59 Å². The molecule has 0 spiro atoms. The van der Waals surface area contributed by atoms with E-state index in [0.717, 1.165) is 0 Å². The van der Waals surface area contributed by atoms with Crippen molar-refractivity contribution < 1.29 is 24.6 Å². The number of carbonyl (C=O) groups is 3. The number of carboxylic acid groups (broad SMARTS) is 2. The van der Waals surface area contributed by atoms with E-state index in [2.05, 4.69) is 5.92 Å². The molecule has 0 aromatic carbocycles. The average molecular weight is 253 g/mol. The van der Waals surface area contributed by atoms with Crippen LogP contribution in [0.3, 0.4) is 0 Å². The van der Waals surface area contributed by atoms with Gasteiger partial charge in [0.1, 0.15) is 6.04 Å². The van der Waals surface area contributed by atoms with E-state index in [1.165, 1.54) is 4.90 Å². The Morgan fingerprint density at radius 2 is 2.17 bits per heavy atom. The lowest BCUT2D eigenvalue weighted by Crippen LogP contribution is -2.42. The highest BCUT2D eigenvalue weighted by Gasteiger charge is 2.36. The van der Waals surface area contributed by atoms with Crippen LogP contribution in [0.2, 0.25) is 0 Å². The van der Waals surface area contributed by atoms with E-state index in [-0.39, 0.29) is 44.1 Å². The summed E-state index contributed by atoms with van der Waals surface area (Å²) in [5, 5.41) is 17.6. The van der Waals surface area contributed by atoms with Crippen molar-refractivity contribution in [1.29, 1.82) is 0 Å². The molecule has 6 heteroatoms. The SMILES string of the molecule is C#CC1CC(=O)N([C@H](CCCC(=O)O)C(=O)O)C1. The summed E-state index contributed by atoms with van der Waals surface area (Å²) in [4.78, 5) is 34.4. The molecule has 1 rings (SSSR count). The minimum absolute atomic E-state index is 0.107. The van der Waals surface area contributed by atoms with Gasteiger partial charge in [0.05, 0.1) is 0 Å². The second kappa shape index (κ2) is 6.05. The summed E-state index contributed by atoms with van der Waals surface area (Å²) in [6.07, 6.45) is 5.63. The van der Waals surface area contributed by atoms with Gasteiger partial charge in [-0.1, -0.05) is 0 Å². The molecule has 2 atom stereocenters. The van der Waals surface area contributed by atoms with Crippen LogP contribution < -0.4 is 0 Å². The summed E-state index contributed by atoms with van der Waals surface area (Å²) < 4.78 is 0. The topological polar surface area (TPSA) is 94.9 Å². The largest absolute Gasteiger partial charge is 0.481 e. The molecule has 18 heavy (non-hydrogen) atoms. The molecule has 98 valence electrons. The highest BCUT2D eigenvalue weighted by molar-refractivity contribution is 5.85. The first-order valence-electron chi connectivity index (χ1n) is 5.66. The lowest BCUT2D eigenvalue weighted by Gasteiger charge is -2.24. The van der Waals surface area contributed by atoms with Crippen LogP contribution >= 0.6 is 0 Å². The maximum Gasteiger partial charge on any atom is 0.326 e. The van der Waals surface area contributed by atoms with Crippen LogP contribution in [0.4, 0.5) is 0 Å². The van der Waals surface area contributed by atoms with Crippen molar-refractivity contribution in [2.24, 2.45) is 5.92 Å². The number of terminal acetylenes is 1. The van der Waals surface area contributed by atoms with Gasteiger partial charge in [-0.2, -0.15) is 0 Å². The Hall–Kier alpha value is -2.03. The smallest absolute Gasteiger partial charge is 0.326 e. The van der Waals surface area contributed by atoms with Crippen LogP contribution in [0.5, 0.6) is 0 Å². The number of rotatable bonds is 6. The van der Waals surface area contributed by atoms with Crippen molar-refractivity contribution in [2.75, 3.05) is 6.54 Å². The fourth-order valence-electron chi connectivity index (χ4n) is 2.00. The third-order valence-corrected chi connectivity index (χ3v) is 2.92. The zero-order valence-electron chi connectivity index (χ0n) is 9.83. The van der Waals surface area contributed by atoms with E-state index < -0.39 is 18.0 Å². The predicted molar refractivity (Wildman–Crippen MR) is 61.6 cm³/mol. The molecular formula is C12H15NO5. The zero-order chi connectivity index (χ0) is 13.7. The predicted octanol–water partition coefficient (Wildman–Crippen LogP) is 0.176. The molecule has 0 bridgehead atoms. The first kappa shape index (κ1) is 14.0. The zero-order valence-corrected chi connectivity index (χ0v) is 9.83. The van der Waals surface area contributed by atoms with E-state index in [1.54, 1.807) is 0 Å². The van der Waals surface area contributed by atoms with Crippen LogP contribution in [0, 0.1) is 18.3 Å². The summed E-state index contributed by atoms with van der Waals surface area (Å²) in [5.74, 6) is -0.183. The molecule has 0 saturated carbocycles. The molecule has 1 fully saturated rings. The maximum absolute atomic E-state index is 11.6. The molecule has 0 aromatic heterocycles.